The van der Waals surface area contributed by atoms with Crippen molar-refractivity contribution in [1.29, 1.82) is 0 Å². The van der Waals surface area contributed by atoms with Crippen LogP contribution in [0.4, 0.5) is 11.4 Å². The van der Waals surface area contributed by atoms with E-state index in [1.165, 1.54) is 37.1 Å². The topological polar surface area (TPSA) is 44.4 Å². The maximum atomic E-state index is 13.3. The number of likely N-dealkylation sites (tertiary alicyclic amines) is 1. The highest BCUT2D eigenvalue weighted by Crippen LogP contribution is 2.39. The maximum absolute atomic E-state index is 13.3. The van der Waals surface area contributed by atoms with Crippen LogP contribution in [0, 0.1) is 0 Å². The van der Waals surface area contributed by atoms with E-state index in [4.69, 9.17) is 0 Å². The van der Waals surface area contributed by atoms with Gasteiger partial charge in [-0.3, -0.25) is 9.69 Å². The Morgan fingerprint density at radius 2 is 1.66 bits per heavy atom. The zero-order chi connectivity index (χ0) is 24.2. The minimum absolute atomic E-state index is 0.0568. The summed E-state index contributed by atoms with van der Waals surface area (Å²) in [5.41, 5.74) is 8.00. The van der Waals surface area contributed by atoms with Crippen molar-refractivity contribution in [2.75, 3.05) is 23.7 Å². The third-order valence-corrected chi connectivity index (χ3v) is 7.39. The summed E-state index contributed by atoms with van der Waals surface area (Å²) in [6.07, 6.45) is 4.79. The molecule has 4 heteroatoms. The molecule has 0 aromatic heterocycles. The number of benzene rings is 3. The van der Waals surface area contributed by atoms with Gasteiger partial charge in [-0.25, -0.2) is 0 Å². The van der Waals surface area contributed by atoms with Gasteiger partial charge in [-0.1, -0.05) is 68.4 Å². The Morgan fingerprint density at radius 3 is 2.34 bits per heavy atom. The molecule has 1 saturated heterocycles. The second-order valence-corrected chi connectivity index (χ2v) is 9.69. The summed E-state index contributed by atoms with van der Waals surface area (Å²) in [6, 6.07) is 25.2. The molecular formula is C31H35N3O. The summed E-state index contributed by atoms with van der Waals surface area (Å²) in [6.45, 7) is 7.83. The Balaban J connectivity index is 1.49. The van der Waals surface area contributed by atoms with Crippen LogP contribution in [0.25, 0.3) is 11.3 Å². The monoisotopic (exact) mass is 465 g/mol. The van der Waals surface area contributed by atoms with Crippen molar-refractivity contribution in [3.63, 3.8) is 0 Å². The highest BCUT2D eigenvalue weighted by atomic mass is 16.2. The molecule has 1 fully saturated rings. The summed E-state index contributed by atoms with van der Waals surface area (Å²) in [4.78, 5) is 15.8. The molecule has 2 aliphatic rings. The number of fused-ring (bicyclic) bond motifs is 1. The lowest BCUT2D eigenvalue weighted by Gasteiger charge is -2.17. The number of carbonyl (C=O) groups excluding carboxylic acids is 1. The van der Waals surface area contributed by atoms with E-state index < -0.39 is 0 Å². The van der Waals surface area contributed by atoms with Crippen molar-refractivity contribution in [3.8, 4) is 0 Å². The first-order valence-corrected chi connectivity index (χ1v) is 13.0. The summed E-state index contributed by atoms with van der Waals surface area (Å²) in [5, 5.41) is 6.73. The van der Waals surface area contributed by atoms with Gasteiger partial charge in [0.15, 0.2) is 0 Å². The molecule has 5 rings (SSSR count). The zero-order valence-corrected chi connectivity index (χ0v) is 20.8. The van der Waals surface area contributed by atoms with Crippen LogP contribution in [-0.2, 0) is 11.3 Å². The lowest BCUT2D eigenvalue weighted by Crippen LogP contribution is -2.18. The van der Waals surface area contributed by atoms with Gasteiger partial charge < -0.3 is 10.6 Å². The first-order valence-electron chi connectivity index (χ1n) is 13.0. The molecular weight excluding hydrogens is 430 g/mol. The van der Waals surface area contributed by atoms with Crippen LogP contribution in [0.3, 0.4) is 0 Å². The number of rotatable bonds is 8. The van der Waals surface area contributed by atoms with Crippen LogP contribution in [0.15, 0.2) is 72.8 Å². The molecule has 0 spiro atoms. The van der Waals surface area contributed by atoms with Gasteiger partial charge in [-0.05, 0) is 79.6 Å². The SMILES string of the molecule is CCC(CC)c1ccc2c(c1)NC(=O)C2=C(Nc1ccc(CN2CCCC2)cc1)c1ccccc1. The number of nitrogens with zero attached hydrogens (tertiary/aromatic N) is 1. The van der Waals surface area contributed by atoms with Gasteiger partial charge in [-0.2, -0.15) is 0 Å². The first kappa shape index (κ1) is 23.4. The summed E-state index contributed by atoms with van der Waals surface area (Å²) in [7, 11) is 0. The molecule has 35 heavy (non-hydrogen) atoms. The third-order valence-electron chi connectivity index (χ3n) is 7.39. The van der Waals surface area contributed by atoms with Gasteiger partial charge in [0.1, 0.15) is 0 Å². The molecule has 2 heterocycles. The van der Waals surface area contributed by atoms with Crippen molar-refractivity contribution in [2.24, 2.45) is 0 Å². The predicted octanol–water partition coefficient (Wildman–Crippen LogP) is 7.12. The van der Waals surface area contributed by atoms with E-state index in [1.807, 2.05) is 18.2 Å². The Bertz CT molecular complexity index is 1200. The van der Waals surface area contributed by atoms with Crippen LogP contribution < -0.4 is 10.6 Å². The fraction of sp³-hybridized carbons (Fsp3) is 0.323. The van der Waals surface area contributed by atoms with Crippen molar-refractivity contribution >= 4 is 28.6 Å². The Labute approximate surface area is 209 Å². The molecule has 0 aliphatic carbocycles. The highest BCUT2D eigenvalue weighted by Gasteiger charge is 2.29. The third kappa shape index (κ3) is 5.03. The van der Waals surface area contributed by atoms with Crippen molar-refractivity contribution < 1.29 is 4.79 Å². The van der Waals surface area contributed by atoms with E-state index >= 15 is 0 Å². The number of carbonyl (C=O) groups is 1. The van der Waals surface area contributed by atoms with Gasteiger partial charge in [0, 0.05) is 23.5 Å². The quantitative estimate of drug-likeness (QED) is 0.348. The maximum Gasteiger partial charge on any atom is 0.258 e. The number of hydrogen-bond acceptors (Lipinski definition) is 3. The molecule has 0 saturated carbocycles. The minimum Gasteiger partial charge on any atom is -0.354 e. The van der Waals surface area contributed by atoms with Gasteiger partial charge in [0.05, 0.1) is 11.3 Å². The molecule has 0 radical (unpaired) electrons. The molecule has 0 unspecified atom stereocenters. The van der Waals surface area contributed by atoms with Crippen LogP contribution >= 0.6 is 0 Å². The fourth-order valence-electron chi connectivity index (χ4n) is 5.37. The second-order valence-electron chi connectivity index (χ2n) is 9.69. The Morgan fingerprint density at radius 1 is 0.943 bits per heavy atom. The molecule has 0 atom stereocenters. The molecule has 4 nitrogen and oxygen atoms in total. The van der Waals surface area contributed by atoms with E-state index in [0.29, 0.717) is 11.5 Å². The first-order chi connectivity index (χ1) is 17.2. The predicted molar refractivity (Wildman–Crippen MR) is 146 cm³/mol. The normalized spacial score (nSPS) is 16.9. The molecule has 1 amide bonds. The van der Waals surface area contributed by atoms with Gasteiger partial charge in [-0.15, -0.1) is 0 Å². The highest BCUT2D eigenvalue weighted by molar-refractivity contribution is 6.37. The summed E-state index contributed by atoms with van der Waals surface area (Å²) in [5.74, 6) is 0.453. The molecule has 2 N–H and O–H groups in total. The Kier molecular flexibility index (Phi) is 7.01. The minimum atomic E-state index is -0.0568. The number of amides is 1. The van der Waals surface area contributed by atoms with Gasteiger partial charge >= 0.3 is 0 Å². The standard InChI is InChI=1S/C31H35N3O/c1-3-23(4-2)25-14-17-27-28(20-25)33-31(35)29(27)30(24-10-6-5-7-11-24)32-26-15-12-22(13-16-26)21-34-18-8-9-19-34/h5-7,10-17,20,23,32H,3-4,8-9,18-19,21H2,1-2H3,(H,33,35). The van der Waals surface area contributed by atoms with Crippen LogP contribution in [0.5, 0.6) is 0 Å². The Hall–Kier alpha value is -3.37. The lowest BCUT2D eigenvalue weighted by atomic mass is 9.91. The average Bonchev–Trinajstić information content (AvgIpc) is 3.51. The zero-order valence-electron chi connectivity index (χ0n) is 20.8. The fourth-order valence-corrected chi connectivity index (χ4v) is 5.37. The van der Waals surface area contributed by atoms with Crippen LogP contribution in [0.2, 0.25) is 0 Å². The van der Waals surface area contributed by atoms with E-state index in [1.54, 1.807) is 0 Å². The average molecular weight is 466 g/mol. The van der Waals surface area contributed by atoms with Crippen LogP contribution in [-0.4, -0.2) is 23.9 Å². The van der Waals surface area contributed by atoms with Gasteiger partial charge in [0.2, 0.25) is 0 Å². The van der Waals surface area contributed by atoms with E-state index in [0.717, 1.165) is 47.6 Å². The number of hydrogen-bond donors (Lipinski definition) is 2. The molecule has 3 aromatic carbocycles. The number of nitrogens with one attached hydrogen (secondary N) is 2. The van der Waals surface area contributed by atoms with Gasteiger partial charge in [0.25, 0.3) is 5.91 Å². The molecule has 3 aromatic rings. The summed E-state index contributed by atoms with van der Waals surface area (Å²) < 4.78 is 0. The van der Waals surface area contributed by atoms with E-state index in [9.17, 15) is 4.79 Å². The van der Waals surface area contributed by atoms with Crippen molar-refractivity contribution in [3.05, 3.63) is 95.1 Å². The van der Waals surface area contributed by atoms with Crippen LogP contribution in [0.1, 0.15) is 67.7 Å². The molecule has 0 bridgehead atoms. The largest absolute Gasteiger partial charge is 0.354 e. The molecule has 180 valence electrons. The van der Waals surface area contributed by atoms with E-state index in [2.05, 4.69) is 84.0 Å². The van der Waals surface area contributed by atoms with Crippen molar-refractivity contribution in [2.45, 2.75) is 52.0 Å². The smallest absolute Gasteiger partial charge is 0.258 e. The molecule has 2 aliphatic heterocycles. The lowest BCUT2D eigenvalue weighted by molar-refractivity contribution is -0.110. The second kappa shape index (κ2) is 10.5. The van der Waals surface area contributed by atoms with E-state index in [-0.39, 0.29) is 5.91 Å². The van der Waals surface area contributed by atoms with Crippen molar-refractivity contribution in [1.82, 2.24) is 4.90 Å². The summed E-state index contributed by atoms with van der Waals surface area (Å²) >= 11 is 0. The number of anilines is 2.